The first-order valence-corrected chi connectivity index (χ1v) is 14.6. The molecular formula is C28H26BrN3O7S. The van der Waals surface area contributed by atoms with Crippen molar-refractivity contribution < 1.29 is 32.7 Å². The molecule has 1 heterocycles. The first-order valence-electron chi connectivity index (χ1n) is 12.0. The van der Waals surface area contributed by atoms with E-state index in [1.54, 1.807) is 49.4 Å². The maximum absolute atomic E-state index is 13.7. The number of carboxylic acid groups (broad SMARTS) is 1. The summed E-state index contributed by atoms with van der Waals surface area (Å²) in [7, 11) is -2.59. The summed E-state index contributed by atoms with van der Waals surface area (Å²) in [6.07, 6.45) is 0. The van der Waals surface area contributed by atoms with Crippen molar-refractivity contribution in [3.8, 4) is 0 Å². The molecule has 3 aromatic rings. The molecule has 1 aliphatic rings. The van der Waals surface area contributed by atoms with Crippen LogP contribution in [0.15, 0.2) is 71.6 Å². The zero-order valence-corrected chi connectivity index (χ0v) is 24.2. The number of aromatic carboxylic acids is 1. The lowest BCUT2D eigenvalue weighted by Crippen LogP contribution is -2.31. The maximum atomic E-state index is 13.7. The highest BCUT2D eigenvalue weighted by Gasteiger charge is 2.38. The first-order chi connectivity index (χ1) is 19.0. The third-order valence-electron chi connectivity index (χ3n) is 6.24. The van der Waals surface area contributed by atoms with Gasteiger partial charge in [0.05, 0.1) is 34.0 Å². The Morgan fingerprint density at radius 3 is 2.30 bits per heavy atom. The summed E-state index contributed by atoms with van der Waals surface area (Å²) < 4.78 is 26.4. The normalized spacial score (nSPS) is 14.3. The summed E-state index contributed by atoms with van der Waals surface area (Å²) in [6, 6.07) is 17.8. The molecule has 0 unspecified atom stereocenters. The van der Waals surface area contributed by atoms with Crippen LogP contribution in [-0.2, 0) is 24.4 Å². The highest BCUT2D eigenvalue weighted by molar-refractivity contribution is 9.09. The van der Waals surface area contributed by atoms with Crippen molar-refractivity contribution in [1.82, 2.24) is 4.47 Å². The minimum Gasteiger partial charge on any atom is -0.478 e. The highest BCUT2D eigenvalue weighted by Crippen LogP contribution is 2.42. The summed E-state index contributed by atoms with van der Waals surface area (Å²) in [5.41, 5.74) is 2.64. The van der Waals surface area contributed by atoms with E-state index in [9.17, 15) is 27.9 Å². The molecule has 0 bridgehead atoms. The molecule has 0 atom stereocenters. The summed E-state index contributed by atoms with van der Waals surface area (Å²) >= 11 is 3.19. The molecular weight excluding hydrogens is 602 g/mol. The molecule has 0 spiro atoms. The van der Waals surface area contributed by atoms with E-state index in [4.69, 9.17) is 4.84 Å². The van der Waals surface area contributed by atoms with Gasteiger partial charge < -0.3 is 10.4 Å². The molecule has 40 heavy (non-hydrogen) atoms. The smallest absolute Gasteiger partial charge is 0.336 e. The Morgan fingerprint density at radius 1 is 1.07 bits per heavy atom. The predicted octanol–water partition coefficient (Wildman–Crippen LogP) is 4.51. The average molecular weight is 629 g/mol. The van der Waals surface area contributed by atoms with Crippen LogP contribution in [0, 0.1) is 6.92 Å². The van der Waals surface area contributed by atoms with Crippen molar-refractivity contribution >= 4 is 66.4 Å². The minimum atomic E-state index is -3.90. The van der Waals surface area contributed by atoms with Crippen LogP contribution in [-0.4, -0.2) is 54.8 Å². The number of nitrogens with one attached hydrogen (secondary N) is 1. The van der Waals surface area contributed by atoms with E-state index in [2.05, 4.69) is 21.2 Å². The van der Waals surface area contributed by atoms with Crippen LogP contribution in [0.2, 0.25) is 0 Å². The van der Waals surface area contributed by atoms with Gasteiger partial charge in [-0.25, -0.2) is 18.1 Å². The van der Waals surface area contributed by atoms with E-state index in [0.717, 1.165) is 9.37 Å². The number of carbonyl (C=O) groups is 3. The van der Waals surface area contributed by atoms with Crippen molar-refractivity contribution in [2.45, 2.75) is 18.7 Å². The second-order valence-corrected chi connectivity index (χ2v) is 11.6. The molecule has 12 heteroatoms. The maximum Gasteiger partial charge on any atom is 0.336 e. The number of hydroxylamine groups is 1. The van der Waals surface area contributed by atoms with E-state index in [0.29, 0.717) is 33.4 Å². The van der Waals surface area contributed by atoms with Gasteiger partial charge in [0.1, 0.15) is 0 Å². The quantitative estimate of drug-likeness (QED) is 0.201. The Labute approximate surface area is 240 Å². The number of halogens is 1. The van der Waals surface area contributed by atoms with Gasteiger partial charge in [-0.15, -0.1) is 0 Å². The summed E-state index contributed by atoms with van der Waals surface area (Å²) in [6.45, 7) is 3.03. The van der Waals surface area contributed by atoms with Gasteiger partial charge in [0.2, 0.25) is 5.91 Å². The fourth-order valence-electron chi connectivity index (χ4n) is 4.32. The molecule has 3 aromatic carbocycles. The Morgan fingerprint density at radius 2 is 1.73 bits per heavy atom. The molecule has 0 saturated heterocycles. The van der Waals surface area contributed by atoms with Gasteiger partial charge >= 0.3 is 5.97 Å². The Kier molecular flexibility index (Phi) is 8.54. The van der Waals surface area contributed by atoms with E-state index in [1.807, 2.05) is 6.07 Å². The van der Waals surface area contributed by atoms with Crippen LogP contribution < -0.4 is 10.2 Å². The van der Waals surface area contributed by atoms with Crippen LogP contribution >= 0.6 is 15.9 Å². The van der Waals surface area contributed by atoms with Gasteiger partial charge in [0.25, 0.3) is 15.9 Å². The molecule has 208 valence electrons. The Balaban J connectivity index is 1.85. The Hall–Kier alpha value is -3.84. The van der Waals surface area contributed by atoms with Gasteiger partial charge in [-0.1, -0.05) is 50.7 Å². The number of rotatable bonds is 9. The number of alkyl halides is 1. The molecule has 4 rings (SSSR count). The lowest BCUT2D eigenvalue weighted by molar-refractivity contribution is -0.122. The van der Waals surface area contributed by atoms with Crippen LogP contribution in [0.1, 0.15) is 34.0 Å². The molecule has 1 aliphatic heterocycles. The zero-order chi connectivity index (χ0) is 29.2. The number of fused-ring (bicyclic) bond motifs is 1. The molecule has 0 aromatic heterocycles. The van der Waals surface area contributed by atoms with E-state index in [1.165, 1.54) is 32.2 Å². The SMILES string of the molecule is CC(=O)N1C(=O)/C(=C(/Nc2ccc(S(=O)(=O)N(C)OCCBr)cc2)c2ccccc2)c2cc(C)c(C(=O)O)cc21. The fraction of sp³-hybridized carbons (Fsp3) is 0.179. The minimum absolute atomic E-state index is 0.00547. The van der Waals surface area contributed by atoms with Crippen LogP contribution in [0.4, 0.5) is 11.4 Å². The van der Waals surface area contributed by atoms with Crippen LogP contribution in [0.25, 0.3) is 11.3 Å². The van der Waals surface area contributed by atoms with Gasteiger partial charge in [-0.2, -0.15) is 0 Å². The number of amides is 2. The summed E-state index contributed by atoms with van der Waals surface area (Å²) in [5, 5.41) is 13.3. The summed E-state index contributed by atoms with van der Waals surface area (Å²) in [5.74, 6) is -2.34. The van der Waals surface area contributed by atoms with Crippen molar-refractivity contribution in [3.63, 3.8) is 0 Å². The first kappa shape index (κ1) is 29.2. The topological polar surface area (TPSA) is 133 Å². The number of benzene rings is 3. The van der Waals surface area contributed by atoms with Crippen molar-refractivity contribution in [3.05, 3.63) is 89.0 Å². The molecule has 2 amide bonds. The van der Waals surface area contributed by atoms with Crippen molar-refractivity contribution in [2.75, 3.05) is 29.2 Å². The second kappa shape index (κ2) is 11.7. The lowest BCUT2D eigenvalue weighted by atomic mass is 9.96. The number of imide groups is 1. The number of aryl methyl sites for hydroxylation is 1. The van der Waals surface area contributed by atoms with Crippen molar-refractivity contribution in [1.29, 1.82) is 0 Å². The van der Waals surface area contributed by atoms with E-state index >= 15 is 0 Å². The number of anilines is 2. The van der Waals surface area contributed by atoms with Crippen LogP contribution in [0.3, 0.4) is 0 Å². The second-order valence-electron chi connectivity index (χ2n) is 8.85. The lowest BCUT2D eigenvalue weighted by Gasteiger charge is -2.18. The molecule has 0 radical (unpaired) electrons. The monoisotopic (exact) mass is 627 g/mol. The number of carbonyl (C=O) groups excluding carboxylic acids is 2. The molecule has 0 saturated carbocycles. The molecule has 0 fully saturated rings. The molecule has 0 aliphatic carbocycles. The standard InChI is InChI=1S/C28H26BrN3O7S/c1-17-15-23-24(16-22(17)28(35)36)32(18(2)33)27(34)25(23)26(19-7-5-4-6-8-19)30-20-9-11-21(12-10-20)40(37,38)31(3)39-14-13-29/h4-12,15-16,30H,13-14H2,1-3H3,(H,35,36)/b26-25+. The highest BCUT2D eigenvalue weighted by atomic mass is 79.9. The van der Waals surface area contributed by atoms with Gasteiger partial charge in [-0.3, -0.25) is 14.4 Å². The van der Waals surface area contributed by atoms with E-state index < -0.39 is 27.8 Å². The largest absolute Gasteiger partial charge is 0.478 e. The third-order valence-corrected chi connectivity index (χ3v) is 8.21. The van der Waals surface area contributed by atoms with Gasteiger partial charge in [0, 0.05) is 30.6 Å². The Bertz CT molecular complexity index is 1620. The number of nitrogens with zero attached hydrogens (tertiary/aromatic N) is 2. The zero-order valence-electron chi connectivity index (χ0n) is 21.8. The number of hydrogen-bond acceptors (Lipinski definition) is 7. The predicted molar refractivity (Wildman–Crippen MR) is 154 cm³/mol. The van der Waals surface area contributed by atoms with E-state index in [-0.39, 0.29) is 28.3 Å². The molecule has 10 nitrogen and oxygen atoms in total. The van der Waals surface area contributed by atoms with Crippen molar-refractivity contribution in [2.24, 2.45) is 0 Å². The number of sulfonamides is 1. The third kappa shape index (κ3) is 5.56. The summed E-state index contributed by atoms with van der Waals surface area (Å²) in [4.78, 5) is 44.2. The number of carboxylic acids is 1. The molecule has 2 N–H and O–H groups in total. The number of hydrogen-bond donors (Lipinski definition) is 2. The average Bonchev–Trinajstić information content (AvgIpc) is 3.20. The fourth-order valence-corrected chi connectivity index (χ4v) is 5.46. The van der Waals surface area contributed by atoms with Crippen LogP contribution in [0.5, 0.6) is 0 Å². The van der Waals surface area contributed by atoms with Gasteiger partial charge in [0.15, 0.2) is 0 Å². The van der Waals surface area contributed by atoms with Gasteiger partial charge in [-0.05, 0) is 54.4 Å².